The van der Waals surface area contributed by atoms with Gasteiger partial charge in [-0.25, -0.2) is 0 Å². The van der Waals surface area contributed by atoms with Gasteiger partial charge in [0.15, 0.2) is 5.96 Å². The Labute approximate surface area is 127 Å². The molecule has 5 nitrogen and oxygen atoms in total. The van der Waals surface area contributed by atoms with Gasteiger partial charge in [-0.1, -0.05) is 13.8 Å². The maximum absolute atomic E-state index is 5.85. The molecule has 3 rings (SSSR count). The largest absolute Gasteiger partial charge is 0.377 e. The van der Waals surface area contributed by atoms with Crippen LogP contribution in [0.4, 0.5) is 0 Å². The third-order valence-corrected chi connectivity index (χ3v) is 5.55. The van der Waals surface area contributed by atoms with Crippen LogP contribution in [0, 0.1) is 11.3 Å². The summed E-state index contributed by atoms with van der Waals surface area (Å²) >= 11 is 0. The van der Waals surface area contributed by atoms with Crippen LogP contribution >= 0.6 is 0 Å². The van der Waals surface area contributed by atoms with Crippen LogP contribution < -0.4 is 10.6 Å². The average Bonchev–Trinajstić information content (AvgIpc) is 3.07. The quantitative estimate of drug-likeness (QED) is 0.612. The maximum Gasteiger partial charge on any atom is 0.191 e. The van der Waals surface area contributed by atoms with Crippen molar-refractivity contribution in [3.05, 3.63) is 0 Å². The molecule has 1 aliphatic carbocycles. The third kappa shape index (κ3) is 2.66. The minimum absolute atomic E-state index is 0.0498. The molecule has 0 aromatic heterocycles. The van der Waals surface area contributed by atoms with Gasteiger partial charge < -0.3 is 20.1 Å². The minimum Gasteiger partial charge on any atom is -0.377 e. The lowest BCUT2D eigenvalue weighted by Crippen LogP contribution is -2.68. The molecule has 2 N–H and O–H groups in total. The van der Waals surface area contributed by atoms with Crippen LogP contribution in [0.1, 0.15) is 40.0 Å². The number of nitrogens with zero attached hydrogens (tertiary/aromatic N) is 1. The molecule has 0 aromatic carbocycles. The van der Waals surface area contributed by atoms with Gasteiger partial charge >= 0.3 is 0 Å². The first-order valence-electron chi connectivity index (χ1n) is 8.19. The van der Waals surface area contributed by atoms with E-state index < -0.39 is 0 Å². The van der Waals surface area contributed by atoms with Crippen molar-refractivity contribution < 1.29 is 9.47 Å². The summed E-state index contributed by atoms with van der Waals surface area (Å²) in [4.78, 5) is 4.38. The zero-order valence-electron chi connectivity index (χ0n) is 13.7. The molecule has 0 radical (unpaired) electrons. The van der Waals surface area contributed by atoms with E-state index in [1.54, 1.807) is 0 Å². The average molecular weight is 295 g/mol. The van der Waals surface area contributed by atoms with E-state index in [1.807, 2.05) is 7.05 Å². The summed E-state index contributed by atoms with van der Waals surface area (Å²) in [6, 6.07) is 0.438. The van der Waals surface area contributed by atoms with Crippen LogP contribution in [-0.4, -0.2) is 50.5 Å². The second-order valence-electron chi connectivity index (χ2n) is 7.51. The third-order valence-electron chi connectivity index (χ3n) is 5.55. The predicted molar refractivity (Wildman–Crippen MR) is 83.5 cm³/mol. The van der Waals surface area contributed by atoms with E-state index in [4.69, 9.17) is 9.47 Å². The first kappa shape index (κ1) is 15.1. The molecular formula is C16H29N3O2. The van der Waals surface area contributed by atoms with Gasteiger partial charge in [0, 0.05) is 44.2 Å². The van der Waals surface area contributed by atoms with Crippen molar-refractivity contribution in [2.24, 2.45) is 16.3 Å². The van der Waals surface area contributed by atoms with E-state index in [2.05, 4.69) is 36.4 Å². The highest BCUT2D eigenvalue weighted by Crippen LogP contribution is 2.52. The fraction of sp³-hybridized carbons (Fsp3) is 0.938. The summed E-state index contributed by atoms with van der Waals surface area (Å²) < 4.78 is 11.7. The molecule has 3 aliphatic rings. The minimum atomic E-state index is -0.0498. The van der Waals surface area contributed by atoms with Gasteiger partial charge in [-0.3, -0.25) is 4.99 Å². The number of guanidine groups is 1. The standard InChI is InChI=1S/C16H29N3O2/c1-15(2)12(11-6-9-20-13(11)15)19-14(17-4)18-10-16(3)7-5-8-21-16/h11-13H,5-10H2,1-4H3,(H2,17,18,19). The van der Waals surface area contributed by atoms with Crippen LogP contribution in [0.2, 0.25) is 0 Å². The van der Waals surface area contributed by atoms with E-state index in [0.717, 1.165) is 45.0 Å². The van der Waals surface area contributed by atoms with Crippen molar-refractivity contribution in [2.75, 3.05) is 26.8 Å². The van der Waals surface area contributed by atoms with Crippen LogP contribution in [0.25, 0.3) is 0 Å². The van der Waals surface area contributed by atoms with E-state index in [1.165, 1.54) is 0 Å². The number of ether oxygens (including phenoxy) is 2. The molecule has 2 saturated heterocycles. The Morgan fingerprint density at radius 3 is 2.76 bits per heavy atom. The molecule has 1 saturated carbocycles. The highest BCUT2D eigenvalue weighted by molar-refractivity contribution is 5.80. The van der Waals surface area contributed by atoms with E-state index in [0.29, 0.717) is 18.1 Å². The van der Waals surface area contributed by atoms with Crippen molar-refractivity contribution >= 4 is 5.96 Å². The molecule has 0 spiro atoms. The van der Waals surface area contributed by atoms with E-state index >= 15 is 0 Å². The number of hydrogen-bond acceptors (Lipinski definition) is 3. The van der Waals surface area contributed by atoms with Gasteiger partial charge in [-0.2, -0.15) is 0 Å². The summed E-state index contributed by atoms with van der Waals surface area (Å²) in [6.45, 7) is 9.33. The molecule has 0 amide bonds. The Hall–Kier alpha value is -0.810. The van der Waals surface area contributed by atoms with Crippen molar-refractivity contribution in [1.82, 2.24) is 10.6 Å². The lowest BCUT2D eigenvalue weighted by molar-refractivity contribution is -0.106. The molecule has 120 valence electrons. The predicted octanol–water partition coefficient (Wildman–Crippen LogP) is 1.53. The second-order valence-corrected chi connectivity index (χ2v) is 7.51. The number of hydrogen-bond donors (Lipinski definition) is 2. The Bertz CT molecular complexity index is 416. The summed E-state index contributed by atoms with van der Waals surface area (Å²) in [5.74, 6) is 1.51. The van der Waals surface area contributed by atoms with Gasteiger partial charge in [0.25, 0.3) is 0 Å². The summed E-state index contributed by atoms with van der Waals surface area (Å²) in [7, 11) is 1.83. The first-order valence-corrected chi connectivity index (χ1v) is 8.19. The molecule has 21 heavy (non-hydrogen) atoms. The fourth-order valence-corrected chi connectivity index (χ4v) is 4.21. The molecule has 0 bridgehead atoms. The van der Waals surface area contributed by atoms with Crippen LogP contribution in [-0.2, 0) is 9.47 Å². The molecule has 2 heterocycles. The number of rotatable bonds is 3. The summed E-state index contributed by atoms with van der Waals surface area (Å²) in [6.07, 6.45) is 3.83. The van der Waals surface area contributed by atoms with Gasteiger partial charge in [-0.05, 0) is 26.2 Å². The van der Waals surface area contributed by atoms with Gasteiger partial charge in [-0.15, -0.1) is 0 Å². The Kier molecular flexibility index (Phi) is 3.91. The zero-order valence-corrected chi connectivity index (χ0v) is 13.7. The Balaban J connectivity index is 1.55. The maximum atomic E-state index is 5.85. The van der Waals surface area contributed by atoms with Crippen molar-refractivity contribution in [2.45, 2.75) is 57.8 Å². The van der Waals surface area contributed by atoms with Crippen LogP contribution in [0.3, 0.4) is 0 Å². The molecule has 3 fully saturated rings. The van der Waals surface area contributed by atoms with Crippen molar-refractivity contribution in [1.29, 1.82) is 0 Å². The molecule has 0 aromatic rings. The molecule has 5 heteroatoms. The smallest absolute Gasteiger partial charge is 0.191 e. The second kappa shape index (κ2) is 5.43. The lowest BCUT2D eigenvalue weighted by atomic mass is 9.57. The van der Waals surface area contributed by atoms with E-state index in [9.17, 15) is 0 Å². The molecule has 2 aliphatic heterocycles. The van der Waals surface area contributed by atoms with Crippen LogP contribution in [0.15, 0.2) is 4.99 Å². The number of aliphatic imine (C=N–C) groups is 1. The highest BCUT2D eigenvalue weighted by atomic mass is 16.5. The monoisotopic (exact) mass is 295 g/mol. The SMILES string of the molecule is CN=C(NCC1(C)CCCO1)NC1C2CCOC2C1(C)C. The molecule has 4 unspecified atom stereocenters. The molecule has 4 atom stereocenters. The Morgan fingerprint density at radius 2 is 2.10 bits per heavy atom. The summed E-state index contributed by atoms with van der Waals surface area (Å²) in [5.41, 5.74) is 0.123. The summed E-state index contributed by atoms with van der Waals surface area (Å²) in [5, 5.41) is 7.05. The van der Waals surface area contributed by atoms with Gasteiger partial charge in [0.05, 0.1) is 11.7 Å². The Morgan fingerprint density at radius 1 is 1.29 bits per heavy atom. The van der Waals surface area contributed by atoms with Crippen LogP contribution in [0.5, 0.6) is 0 Å². The van der Waals surface area contributed by atoms with E-state index in [-0.39, 0.29) is 11.0 Å². The lowest BCUT2D eigenvalue weighted by Gasteiger charge is -2.55. The first-order chi connectivity index (χ1) is 9.96. The normalized spacial score (nSPS) is 41.5. The van der Waals surface area contributed by atoms with Gasteiger partial charge in [0.2, 0.25) is 0 Å². The zero-order chi connectivity index (χ0) is 15.1. The van der Waals surface area contributed by atoms with Crippen molar-refractivity contribution in [3.8, 4) is 0 Å². The highest BCUT2D eigenvalue weighted by Gasteiger charge is 2.59. The topological polar surface area (TPSA) is 54.9 Å². The van der Waals surface area contributed by atoms with Crippen molar-refractivity contribution in [3.63, 3.8) is 0 Å². The van der Waals surface area contributed by atoms with Gasteiger partial charge in [0.1, 0.15) is 0 Å². The number of fused-ring (bicyclic) bond motifs is 1. The fourth-order valence-electron chi connectivity index (χ4n) is 4.21. The number of nitrogens with one attached hydrogen (secondary N) is 2. The molecular weight excluding hydrogens is 266 g/mol.